The second kappa shape index (κ2) is 8.62. The van der Waals surface area contributed by atoms with Crippen molar-refractivity contribution in [2.45, 2.75) is 0 Å². The summed E-state index contributed by atoms with van der Waals surface area (Å²) in [6, 6.07) is 7.80. The summed E-state index contributed by atoms with van der Waals surface area (Å²) in [6.07, 6.45) is 1.39. The fraction of sp³-hybridized carbons (Fsp3) is 0.176. The van der Waals surface area contributed by atoms with Crippen molar-refractivity contribution in [2.24, 2.45) is 5.16 Å². The third kappa shape index (κ3) is 5.45. The smallest absolute Gasteiger partial charge is 0.265 e. The van der Waals surface area contributed by atoms with Gasteiger partial charge in [-0.05, 0) is 30.3 Å². The Bertz CT molecular complexity index is 761. The lowest BCUT2D eigenvalue weighted by molar-refractivity contribution is -0.120. The van der Waals surface area contributed by atoms with E-state index in [1.165, 1.54) is 20.4 Å². The van der Waals surface area contributed by atoms with Crippen molar-refractivity contribution in [1.82, 2.24) is 0 Å². The van der Waals surface area contributed by atoms with Gasteiger partial charge in [-0.25, -0.2) is 8.78 Å². The minimum absolute atomic E-state index is 0.00466. The van der Waals surface area contributed by atoms with E-state index in [0.717, 1.165) is 12.1 Å². The Balaban J connectivity index is 1.87. The second-order valence-electron chi connectivity index (χ2n) is 4.83. The molecule has 0 bridgehead atoms. The molecule has 0 spiro atoms. The predicted octanol–water partition coefficient (Wildman–Crippen LogP) is 2.97. The Morgan fingerprint density at radius 1 is 1.08 bits per heavy atom. The zero-order chi connectivity index (χ0) is 18.2. The average molecular weight is 350 g/mol. The van der Waals surface area contributed by atoms with Gasteiger partial charge in [0.25, 0.3) is 5.91 Å². The molecule has 0 fully saturated rings. The number of halogens is 2. The number of hydrogen-bond acceptors (Lipinski definition) is 5. The molecule has 0 aliphatic rings. The number of rotatable bonds is 7. The summed E-state index contributed by atoms with van der Waals surface area (Å²) in [5.41, 5.74) is 0.667. The maximum Gasteiger partial charge on any atom is 0.265 e. The molecule has 0 aliphatic heterocycles. The van der Waals surface area contributed by atoms with Crippen molar-refractivity contribution in [1.29, 1.82) is 0 Å². The lowest BCUT2D eigenvalue weighted by atomic mass is 10.2. The lowest BCUT2D eigenvalue weighted by Crippen LogP contribution is -2.17. The number of anilines is 1. The minimum Gasteiger partial charge on any atom is -0.493 e. The van der Waals surface area contributed by atoms with Gasteiger partial charge in [0.15, 0.2) is 18.1 Å². The molecular weight excluding hydrogens is 334 g/mol. The molecule has 2 aromatic rings. The molecule has 2 aromatic carbocycles. The first-order valence-corrected chi connectivity index (χ1v) is 7.15. The van der Waals surface area contributed by atoms with Gasteiger partial charge in [-0.15, -0.1) is 0 Å². The van der Waals surface area contributed by atoms with Crippen LogP contribution >= 0.6 is 0 Å². The molecule has 6 nitrogen and oxygen atoms in total. The summed E-state index contributed by atoms with van der Waals surface area (Å²) < 4.78 is 36.3. The fourth-order valence-electron chi connectivity index (χ4n) is 1.95. The van der Waals surface area contributed by atoms with Crippen molar-refractivity contribution in [3.05, 3.63) is 53.6 Å². The number of oxime groups is 1. The van der Waals surface area contributed by atoms with Crippen LogP contribution in [0.25, 0.3) is 0 Å². The van der Waals surface area contributed by atoms with Crippen LogP contribution in [0.5, 0.6) is 11.5 Å². The molecule has 0 atom stereocenters. The topological polar surface area (TPSA) is 69.2 Å². The molecule has 0 saturated heterocycles. The molecule has 1 N–H and O–H groups in total. The summed E-state index contributed by atoms with van der Waals surface area (Å²) in [5, 5.41) is 5.96. The monoisotopic (exact) mass is 350 g/mol. The third-order valence-electron chi connectivity index (χ3n) is 3.03. The summed E-state index contributed by atoms with van der Waals surface area (Å²) in [7, 11) is 3.03. The fourth-order valence-corrected chi connectivity index (χ4v) is 1.95. The van der Waals surface area contributed by atoms with Crippen LogP contribution in [0.15, 0.2) is 41.6 Å². The second-order valence-corrected chi connectivity index (χ2v) is 4.83. The van der Waals surface area contributed by atoms with E-state index in [1.54, 1.807) is 18.2 Å². The van der Waals surface area contributed by atoms with Crippen molar-refractivity contribution in [2.75, 3.05) is 26.1 Å². The first kappa shape index (κ1) is 18.2. The van der Waals surface area contributed by atoms with E-state index < -0.39 is 24.1 Å². The molecule has 0 saturated carbocycles. The van der Waals surface area contributed by atoms with Crippen LogP contribution in [0.1, 0.15) is 5.56 Å². The summed E-state index contributed by atoms with van der Waals surface area (Å²) in [6.45, 7) is -0.415. The van der Waals surface area contributed by atoms with E-state index in [2.05, 4.69) is 10.5 Å². The third-order valence-corrected chi connectivity index (χ3v) is 3.03. The van der Waals surface area contributed by atoms with Crippen LogP contribution in [0.2, 0.25) is 0 Å². The van der Waals surface area contributed by atoms with Crippen molar-refractivity contribution in [3.63, 3.8) is 0 Å². The van der Waals surface area contributed by atoms with Crippen LogP contribution in [-0.4, -0.2) is 32.9 Å². The molecule has 1 amide bonds. The van der Waals surface area contributed by atoms with Gasteiger partial charge in [-0.2, -0.15) is 0 Å². The van der Waals surface area contributed by atoms with E-state index in [1.807, 2.05) is 0 Å². The first-order chi connectivity index (χ1) is 12.0. The number of hydrogen-bond donors (Lipinski definition) is 1. The molecule has 0 radical (unpaired) electrons. The zero-order valence-electron chi connectivity index (χ0n) is 13.6. The predicted molar refractivity (Wildman–Crippen MR) is 88.1 cm³/mol. The van der Waals surface area contributed by atoms with E-state index in [-0.39, 0.29) is 5.69 Å². The maximum atomic E-state index is 13.0. The highest BCUT2D eigenvalue weighted by Crippen LogP contribution is 2.26. The molecule has 0 aliphatic carbocycles. The van der Waals surface area contributed by atoms with E-state index in [4.69, 9.17) is 14.3 Å². The highest BCUT2D eigenvalue weighted by molar-refractivity contribution is 5.91. The highest BCUT2D eigenvalue weighted by atomic mass is 19.1. The van der Waals surface area contributed by atoms with Gasteiger partial charge in [0.05, 0.1) is 20.4 Å². The van der Waals surface area contributed by atoms with Gasteiger partial charge in [-0.3, -0.25) is 4.79 Å². The molecule has 0 aromatic heterocycles. The summed E-state index contributed by atoms with van der Waals surface area (Å²) >= 11 is 0. The number of ether oxygens (including phenoxy) is 2. The standard InChI is InChI=1S/C17H16F2N2O4/c1-23-15-4-3-11(5-16(15)24-2)9-20-25-10-17(22)21-14-7-12(18)6-13(19)8-14/h3-9H,10H2,1-2H3,(H,21,22)/b20-9+. The van der Waals surface area contributed by atoms with Crippen LogP contribution in [0, 0.1) is 11.6 Å². The van der Waals surface area contributed by atoms with Crippen molar-refractivity contribution >= 4 is 17.8 Å². The molecule has 8 heteroatoms. The van der Waals surface area contributed by atoms with Gasteiger partial charge in [0.1, 0.15) is 11.6 Å². The zero-order valence-corrected chi connectivity index (χ0v) is 13.6. The lowest BCUT2D eigenvalue weighted by Gasteiger charge is -2.07. The number of amides is 1. The van der Waals surface area contributed by atoms with Crippen molar-refractivity contribution in [3.8, 4) is 11.5 Å². The maximum absolute atomic E-state index is 13.0. The number of nitrogens with zero attached hydrogens (tertiary/aromatic N) is 1. The largest absolute Gasteiger partial charge is 0.493 e. The summed E-state index contributed by atoms with van der Waals surface area (Å²) in [4.78, 5) is 16.5. The van der Waals surface area contributed by atoms with Gasteiger partial charge in [-0.1, -0.05) is 5.16 Å². The minimum atomic E-state index is -0.789. The van der Waals surface area contributed by atoms with Crippen molar-refractivity contribution < 1.29 is 27.9 Å². The molecule has 2 rings (SSSR count). The van der Waals surface area contributed by atoms with Gasteiger partial charge in [0, 0.05) is 17.3 Å². The van der Waals surface area contributed by atoms with Gasteiger partial charge < -0.3 is 19.6 Å². The number of benzene rings is 2. The molecule has 0 unspecified atom stereocenters. The SMILES string of the molecule is COc1ccc(/C=N/OCC(=O)Nc2cc(F)cc(F)c2)cc1OC. The number of methoxy groups -OCH3 is 2. The molecule has 0 heterocycles. The number of carbonyl (C=O) groups excluding carboxylic acids is 1. The van der Waals surface area contributed by atoms with E-state index in [9.17, 15) is 13.6 Å². The van der Waals surface area contributed by atoms with Crippen LogP contribution in [0.4, 0.5) is 14.5 Å². The highest BCUT2D eigenvalue weighted by Gasteiger charge is 2.06. The average Bonchev–Trinajstić information content (AvgIpc) is 2.57. The first-order valence-electron chi connectivity index (χ1n) is 7.15. The molecule has 25 heavy (non-hydrogen) atoms. The van der Waals surface area contributed by atoms with Crippen LogP contribution < -0.4 is 14.8 Å². The Labute approximate surface area is 143 Å². The van der Waals surface area contributed by atoms with Crippen LogP contribution in [0.3, 0.4) is 0 Å². The quantitative estimate of drug-likeness (QED) is 0.616. The van der Waals surface area contributed by atoms with Gasteiger partial charge in [0.2, 0.25) is 0 Å². The molecule has 132 valence electrons. The summed E-state index contributed by atoms with van der Waals surface area (Å²) in [5.74, 6) is -1.08. The van der Waals surface area contributed by atoms with E-state index >= 15 is 0 Å². The molecular formula is C17H16F2N2O4. The Morgan fingerprint density at radius 2 is 1.76 bits per heavy atom. The normalized spacial score (nSPS) is 10.6. The number of carbonyl (C=O) groups is 1. The number of nitrogens with one attached hydrogen (secondary N) is 1. The Hall–Kier alpha value is -3.16. The van der Waals surface area contributed by atoms with E-state index in [0.29, 0.717) is 23.1 Å². The Morgan fingerprint density at radius 3 is 2.40 bits per heavy atom. The Kier molecular flexibility index (Phi) is 6.27. The van der Waals surface area contributed by atoms with Gasteiger partial charge >= 0.3 is 0 Å². The van der Waals surface area contributed by atoms with Crippen LogP contribution in [-0.2, 0) is 9.63 Å².